The number of ether oxygens (including phenoxy) is 1. The number of nitrogens with one attached hydrogen (secondary N) is 3. The molecule has 0 radical (unpaired) electrons. The van der Waals surface area contributed by atoms with Crippen LogP contribution >= 0.6 is 11.3 Å². The van der Waals surface area contributed by atoms with Crippen LogP contribution in [0.5, 0.6) is 5.88 Å². The van der Waals surface area contributed by atoms with E-state index in [1.807, 2.05) is 35.7 Å². The Morgan fingerprint density at radius 1 is 1.00 bits per heavy atom. The number of amides is 3. The van der Waals surface area contributed by atoms with Crippen LogP contribution in [-0.4, -0.2) is 90.2 Å². The van der Waals surface area contributed by atoms with E-state index in [1.54, 1.807) is 26.8 Å². The molecule has 3 heterocycles. The lowest BCUT2D eigenvalue weighted by molar-refractivity contribution is -0.142. The Kier molecular flexibility index (Phi) is 9.23. The fourth-order valence-electron chi connectivity index (χ4n) is 6.59. The Balaban J connectivity index is 1.21. The van der Waals surface area contributed by atoms with Gasteiger partial charge in [-0.15, -0.1) is 17.9 Å². The molecule has 278 valence electrons. The summed E-state index contributed by atoms with van der Waals surface area (Å²) in [5, 5.41) is 3.43. The number of fused-ring (bicyclic) bond motifs is 1. The van der Waals surface area contributed by atoms with E-state index in [9.17, 15) is 31.2 Å². The lowest BCUT2D eigenvalue weighted by Crippen LogP contribution is -2.60. The van der Waals surface area contributed by atoms with Gasteiger partial charge < -0.3 is 15.0 Å². The molecule has 1 saturated heterocycles. The van der Waals surface area contributed by atoms with E-state index in [0.717, 1.165) is 4.88 Å². The molecule has 17 heteroatoms. The number of hydrogen-bond donors (Lipinski definition) is 3. The average molecular weight is 771 g/mol. The van der Waals surface area contributed by atoms with E-state index in [-0.39, 0.29) is 25.3 Å². The smallest absolute Gasteiger partial charge is 0.259 e. The van der Waals surface area contributed by atoms with Crippen LogP contribution in [0.15, 0.2) is 54.4 Å². The number of nitrogens with zero attached hydrogens (tertiary/aromatic N) is 3. The van der Waals surface area contributed by atoms with Crippen molar-refractivity contribution in [2.45, 2.75) is 93.5 Å². The van der Waals surface area contributed by atoms with Crippen molar-refractivity contribution in [1.29, 1.82) is 0 Å². The van der Waals surface area contributed by atoms with E-state index in [1.165, 1.54) is 22.3 Å². The van der Waals surface area contributed by atoms with Crippen molar-refractivity contribution in [1.82, 2.24) is 29.6 Å². The molecule has 3 N–H and O–H groups in total. The first-order valence-corrected chi connectivity index (χ1v) is 21.3. The number of carbonyl (C=O) groups is 3. The molecule has 3 aromatic rings. The topological polar surface area (TPSA) is 194 Å². The molecule has 52 heavy (non-hydrogen) atoms. The summed E-state index contributed by atoms with van der Waals surface area (Å²) in [5.41, 5.74) is -0.746. The molecular weight excluding hydrogens is 729 g/mol. The van der Waals surface area contributed by atoms with Gasteiger partial charge in [0.15, 0.2) is 0 Å². The number of hydrogen-bond acceptors (Lipinski definition) is 11. The van der Waals surface area contributed by atoms with Crippen LogP contribution in [0.4, 0.5) is 0 Å². The zero-order valence-electron chi connectivity index (χ0n) is 29.1. The summed E-state index contributed by atoms with van der Waals surface area (Å²) in [6, 6.07) is 8.65. The van der Waals surface area contributed by atoms with Gasteiger partial charge in [-0.2, -0.15) is 0 Å². The molecule has 3 saturated carbocycles. The van der Waals surface area contributed by atoms with Crippen molar-refractivity contribution >= 4 is 60.1 Å². The molecule has 1 aromatic carbocycles. The number of likely N-dealkylation sites (tertiary alicyclic amines) is 1. The summed E-state index contributed by atoms with van der Waals surface area (Å²) in [6.45, 7) is 8.87. The van der Waals surface area contributed by atoms with Crippen molar-refractivity contribution < 1.29 is 36.0 Å². The fraction of sp³-hybridized carbons (Fsp3) is 0.514. The molecule has 3 amide bonds. The van der Waals surface area contributed by atoms with Gasteiger partial charge in [-0.05, 0) is 61.1 Å². The highest BCUT2D eigenvalue weighted by Crippen LogP contribution is 2.46. The zero-order chi connectivity index (χ0) is 37.2. The monoisotopic (exact) mass is 770 g/mol. The largest absolute Gasteiger partial charge is 0.471 e. The minimum Gasteiger partial charge on any atom is -0.471 e. The number of para-hydroxylation sites is 2. The van der Waals surface area contributed by atoms with Gasteiger partial charge in [0.1, 0.15) is 29.4 Å². The molecular formula is C35H42N6O8S3. The predicted octanol–water partition coefficient (Wildman–Crippen LogP) is 2.87. The number of carbonyl (C=O) groups excluding carboxylic acids is 3. The SMILES string of the molecule is C=C[C@@H]1CC1(NC(=O)[C@@H]1C[C@@H](Oc2nc3ccccc3nc2-c2cccs2)CN1C(=O)[C@@H](NS(=O)(=O)C1CC1)C(C)(C)C)C(=O)NS(=O)(=O)C1CC1. The molecule has 4 aliphatic rings. The van der Waals surface area contributed by atoms with Crippen LogP contribution in [0.2, 0.25) is 0 Å². The predicted molar refractivity (Wildman–Crippen MR) is 195 cm³/mol. The highest BCUT2D eigenvalue weighted by atomic mass is 32.2. The summed E-state index contributed by atoms with van der Waals surface area (Å²) >= 11 is 1.45. The molecule has 5 atom stereocenters. The first kappa shape index (κ1) is 36.4. The number of benzene rings is 1. The van der Waals surface area contributed by atoms with E-state index >= 15 is 0 Å². The van der Waals surface area contributed by atoms with E-state index in [0.29, 0.717) is 42.4 Å². The summed E-state index contributed by atoms with van der Waals surface area (Å²) < 4.78 is 63.0. The number of rotatable bonds is 13. The Hall–Kier alpha value is -3.93. The third-order valence-corrected chi connectivity index (χ3v) is 14.6. The number of sulfonamides is 2. The Labute approximate surface area is 306 Å². The molecule has 0 bridgehead atoms. The van der Waals surface area contributed by atoms with Gasteiger partial charge >= 0.3 is 0 Å². The molecule has 14 nitrogen and oxygen atoms in total. The van der Waals surface area contributed by atoms with Gasteiger partial charge in [-0.3, -0.25) is 19.1 Å². The Bertz CT molecular complexity index is 2150. The van der Waals surface area contributed by atoms with Crippen molar-refractivity contribution in [2.75, 3.05) is 6.54 Å². The Morgan fingerprint density at radius 2 is 1.65 bits per heavy atom. The van der Waals surface area contributed by atoms with Crippen LogP contribution in [0.3, 0.4) is 0 Å². The van der Waals surface area contributed by atoms with Gasteiger partial charge in [0.25, 0.3) is 5.91 Å². The third-order valence-electron chi connectivity index (χ3n) is 10.0. The molecule has 7 rings (SSSR count). The van der Waals surface area contributed by atoms with Crippen molar-refractivity contribution in [3.05, 3.63) is 54.4 Å². The second kappa shape index (κ2) is 13.2. The molecule has 2 aromatic heterocycles. The maximum absolute atomic E-state index is 14.5. The quantitative estimate of drug-likeness (QED) is 0.218. The summed E-state index contributed by atoms with van der Waals surface area (Å²) in [7, 11) is -7.74. The second-order valence-electron chi connectivity index (χ2n) is 15.2. The zero-order valence-corrected chi connectivity index (χ0v) is 31.5. The Morgan fingerprint density at radius 3 is 2.23 bits per heavy atom. The van der Waals surface area contributed by atoms with E-state index in [4.69, 9.17) is 14.7 Å². The van der Waals surface area contributed by atoms with Crippen molar-refractivity contribution in [3.8, 4) is 16.5 Å². The van der Waals surface area contributed by atoms with Crippen LogP contribution in [0, 0.1) is 11.3 Å². The van der Waals surface area contributed by atoms with Crippen LogP contribution in [-0.2, 0) is 34.4 Å². The molecule has 1 unspecified atom stereocenters. The van der Waals surface area contributed by atoms with Crippen LogP contribution in [0.25, 0.3) is 21.6 Å². The van der Waals surface area contributed by atoms with Crippen LogP contribution in [0.1, 0.15) is 59.3 Å². The second-order valence-corrected chi connectivity index (χ2v) is 20.1. The highest BCUT2D eigenvalue weighted by molar-refractivity contribution is 7.91. The van der Waals surface area contributed by atoms with Gasteiger partial charge in [0, 0.05) is 12.3 Å². The summed E-state index contributed by atoms with van der Waals surface area (Å²) in [6.07, 6.45) is 2.68. The lowest BCUT2D eigenvalue weighted by atomic mass is 9.86. The van der Waals surface area contributed by atoms with E-state index < -0.39 is 83.3 Å². The fourth-order valence-corrected chi connectivity index (χ4v) is 10.4. The standard InChI is InChI=1S/C35H42N6O8S3/c1-5-20-18-35(20,33(44)40-52(47,48)23-14-15-23)38-30(42)26-17-21(19-41(26)32(43)29(34(2,3)4)39-51(45,46)22-12-13-22)49-31-28(27-11-8-16-50-27)36-24-9-6-7-10-25(24)37-31/h5-11,16,20-23,26,29,39H,1,12-15,17-19H2,2-4H3,(H,38,42)(H,40,44)/t20-,21-,26+,29-,35?/m1/s1. The highest BCUT2D eigenvalue weighted by Gasteiger charge is 2.62. The summed E-state index contributed by atoms with van der Waals surface area (Å²) in [5.74, 6) is -2.53. The lowest BCUT2D eigenvalue weighted by Gasteiger charge is -2.35. The molecule has 4 fully saturated rings. The molecule has 1 aliphatic heterocycles. The number of aromatic nitrogens is 2. The van der Waals surface area contributed by atoms with Crippen molar-refractivity contribution in [2.24, 2.45) is 11.3 Å². The van der Waals surface area contributed by atoms with Gasteiger partial charge in [-0.25, -0.2) is 31.5 Å². The van der Waals surface area contributed by atoms with Crippen molar-refractivity contribution in [3.63, 3.8) is 0 Å². The number of thiophene rings is 1. The molecule has 3 aliphatic carbocycles. The van der Waals surface area contributed by atoms with Gasteiger partial charge in [-0.1, -0.05) is 45.0 Å². The van der Waals surface area contributed by atoms with E-state index in [2.05, 4.69) is 21.3 Å². The van der Waals surface area contributed by atoms with Crippen LogP contribution < -0.4 is 19.5 Å². The normalized spacial score (nSPS) is 25.4. The van der Waals surface area contributed by atoms with Gasteiger partial charge in [0.2, 0.25) is 37.7 Å². The third kappa shape index (κ3) is 7.19. The maximum Gasteiger partial charge on any atom is 0.259 e. The maximum atomic E-state index is 14.5. The van der Waals surface area contributed by atoms with Gasteiger partial charge in [0.05, 0.1) is 33.0 Å². The molecule has 0 spiro atoms. The first-order valence-electron chi connectivity index (χ1n) is 17.3. The minimum absolute atomic E-state index is 0.0287. The minimum atomic E-state index is -3.92. The first-order chi connectivity index (χ1) is 24.5. The summed E-state index contributed by atoms with van der Waals surface area (Å²) in [4.78, 5) is 54.0. The average Bonchev–Trinajstić information content (AvgIpc) is 4.02.